The lowest BCUT2D eigenvalue weighted by Crippen LogP contribution is -2.17. The van der Waals surface area contributed by atoms with Crippen LogP contribution in [0.3, 0.4) is 0 Å². The zero-order valence-corrected chi connectivity index (χ0v) is 23.3. The molecule has 4 rings (SSSR count). The third-order valence-electron chi connectivity index (χ3n) is 6.67. The molecular formula is C30H28ClF3N2O2S. The van der Waals surface area contributed by atoms with E-state index in [0.29, 0.717) is 21.6 Å². The number of benzene rings is 3. The molecule has 39 heavy (non-hydrogen) atoms. The van der Waals surface area contributed by atoms with Gasteiger partial charge in [0.25, 0.3) is 5.91 Å². The van der Waals surface area contributed by atoms with E-state index in [-0.39, 0.29) is 22.4 Å². The number of aromatic nitrogens is 1. The number of halogens is 4. The zero-order chi connectivity index (χ0) is 28.1. The van der Waals surface area contributed by atoms with E-state index in [1.54, 1.807) is 23.9 Å². The van der Waals surface area contributed by atoms with Gasteiger partial charge in [-0.2, -0.15) is 0 Å². The monoisotopic (exact) mass is 572 g/mol. The standard InChI is InChI=1S/C30H28ClF3N2O2S/c1-4-17(2)27(12-18(3)25-16-26(38-36-25)19-8-6-5-7-9-19)39-28-13-20(10-11-22(28)31)30(37)35-21-14-23(32)29(34)24(33)15-21/h5-11,13-18,27H,4,12H2,1-3H3,(H,35,37). The Labute approximate surface area is 234 Å². The minimum absolute atomic E-state index is 0.103. The summed E-state index contributed by atoms with van der Waals surface area (Å²) in [6, 6.07) is 18.0. The van der Waals surface area contributed by atoms with Crippen molar-refractivity contribution in [2.24, 2.45) is 5.92 Å². The predicted octanol–water partition coefficient (Wildman–Crippen LogP) is 9.37. The van der Waals surface area contributed by atoms with Gasteiger partial charge in [0.05, 0.1) is 10.7 Å². The van der Waals surface area contributed by atoms with Crippen molar-refractivity contribution in [3.63, 3.8) is 0 Å². The molecule has 1 aromatic heterocycles. The molecule has 4 aromatic rings. The highest BCUT2D eigenvalue weighted by molar-refractivity contribution is 8.00. The first-order valence-corrected chi connectivity index (χ1v) is 13.9. The molecule has 0 fully saturated rings. The maximum absolute atomic E-state index is 13.6. The first kappa shape index (κ1) is 28.8. The van der Waals surface area contributed by atoms with Gasteiger partial charge < -0.3 is 9.84 Å². The second-order valence-corrected chi connectivity index (χ2v) is 11.2. The Morgan fingerprint density at radius 1 is 1.03 bits per heavy atom. The molecule has 0 aliphatic heterocycles. The summed E-state index contributed by atoms with van der Waals surface area (Å²) in [6.07, 6.45) is 1.74. The number of hydrogen-bond donors (Lipinski definition) is 1. The van der Waals surface area contributed by atoms with Crippen molar-refractivity contribution in [2.45, 2.75) is 49.7 Å². The van der Waals surface area contributed by atoms with Gasteiger partial charge in [0.15, 0.2) is 23.2 Å². The number of nitrogens with one attached hydrogen (secondary N) is 1. The summed E-state index contributed by atoms with van der Waals surface area (Å²) in [6.45, 7) is 6.40. The second kappa shape index (κ2) is 12.7. The molecule has 1 heterocycles. The van der Waals surface area contributed by atoms with Crippen molar-refractivity contribution in [1.82, 2.24) is 5.16 Å². The average molecular weight is 573 g/mol. The Morgan fingerprint density at radius 3 is 2.38 bits per heavy atom. The van der Waals surface area contributed by atoms with Crippen molar-refractivity contribution in [3.05, 3.63) is 100 Å². The van der Waals surface area contributed by atoms with Gasteiger partial charge in [0.1, 0.15) is 0 Å². The Morgan fingerprint density at radius 2 is 1.72 bits per heavy atom. The zero-order valence-electron chi connectivity index (χ0n) is 21.7. The van der Waals surface area contributed by atoms with E-state index in [1.807, 2.05) is 36.4 Å². The van der Waals surface area contributed by atoms with Crippen molar-refractivity contribution in [2.75, 3.05) is 5.32 Å². The quantitative estimate of drug-likeness (QED) is 0.152. The van der Waals surface area contributed by atoms with Crippen LogP contribution in [0.1, 0.15) is 55.6 Å². The highest BCUT2D eigenvalue weighted by Gasteiger charge is 2.24. The largest absolute Gasteiger partial charge is 0.356 e. The van der Waals surface area contributed by atoms with Crippen LogP contribution in [0.15, 0.2) is 76.1 Å². The maximum atomic E-state index is 13.6. The van der Waals surface area contributed by atoms with Crippen LogP contribution in [0.2, 0.25) is 5.02 Å². The van der Waals surface area contributed by atoms with Crippen LogP contribution in [0.25, 0.3) is 11.3 Å². The number of nitrogens with zero attached hydrogens (tertiary/aromatic N) is 1. The van der Waals surface area contributed by atoms with E-state index >= 15 is 0 Å². The van der Waals surface area contributed by atoms with E-state index in [0.717, 1.165) is 36.2 Å². The maximum Gasteiger partial charge on any atom is 0.255 e. The molecule has 3 atom stereocenters. The van der Waals surface area contributed by atoms with E-state index in [2.05, 4.69) is 31.2 Å². The summed E-state index contributed by atoms with van der Waals surface area (Å²) in [5.41, 5.74) is 1.89. The lowest BCUT2D eigenvalue weighted by Gasteiger charge is -2.25. The molecule has 0 aliphatic rings. The van der Waals surface area contributed by atoms with Crippen molar-refractivity contribution >= 4 is 35.0 Å². The van der Waals surface area contributed by atoms with Crippen molar-refractivity contribution in [1.29, 1.82) is 0 Å². The normalized spacial score (nSPS) is 13.6. The van der Waals surface area contributed by atoms with Gasteiger partial charge >= 0.3 is 0 Å². The third kappa shape index (κ3) is 7.05. The highest BCUT2D eigenvalue weighted by atomic mass is 35.5. The first-order chi connectivity index (χ1) is 18.7. The van der Waals surface area contributed by atoms with Gasteiger partial charge in [0, 0.05) is 51.1 Å². The van der Waals surface area contributed by atoms with Gasteiger partial charge in [-0.3, -0.25) is 4.79 Å². The fourth-order valence-corrected chi connectivity index (χ4v) is 5.88. The molecular weight excluding hydrogens is 545 g/mol. The van der Waals surface area contributed by atoms with Crippen LogP contribution in [0.4, 0.5) is 18.9 Å². The third-order valence-corrected chi connectivity index (χ3v) is 8.66. The Kier molecular flexibility index (Phi) is 9.40. The molecule has 0 aliphatic carbocycles. The highest BCUT2D eigenvalue weighted by Crippen LogP contribution is 2.40. The van der Waals surface area contributed by atoms with Gasteiger partial charge in [-0.15, -0.1) is 11.8 Å². The molecule has 3 aromatic carbocycles. The average Bonchev–Trinajstić information content (AvgIpc) is 3.43. The number of thioether (sulfide) groups is 1. The molecule has 0 bridgehead atoms. The lowest BCUT2D eigenvalue weighted by molar-refractivity contribution is 0.102. The summed E-state index contributed by atoms with van der Waals surface area (Å²) < 4.78 is 46.0. The van der Waals surface area contributed by atoms with E-state index < -0.39 is 23.4 Å². The van der Waals surface area contributed by atoms with Crippen LogP contribution in [0, 0.1) is 23.4 Å². The van der Waals surface area contributed by atoms with E-state index in [4.69, 9.17) is 16.1 Å². The van der Waals surface area contributed by atoms with Crippen LogP contribution < -0.4 is 5.32 Å². The van der Waals surface area contributed by atoms with E-state index in [1.165, 1.54) is 6.07 Å². The SMILES string of the molecule is CCC(C)C(CC(C)c1cc(-c2ccccc2)on1)Sc1cc(C(=O)Nc2cc(F)c(F)c(F)c2)ccc1Cl. The summed E-state index contributed by atoms with van der Waals surface area (Å²) in [7, 11) is 0. The van der Waals surface area contributed by atoms with Crippen molar-refractivity contribution < 1.29 is 22.5 Å². The Bertz CT molecular complexity index is 1420. The molecule has 4 nitrogen and oxygen atoms in total. The fraction of sp³-hybridized carbons (Fsp3) is 0.267. The molecule has 204 valence electrons. The number of carbonyl (C=O) groups excluding carboxylic acids is 1. The van der Waals surface area contributed by atoms with E-state index in [9.17, 15) is 18.0 Å². The molecule has 1 N–H and O–H groups in total. The number of hydrogen-bond acceptors (Lipinski definition) is 4. The van der Waals surface area contributed by atoms with Gasteiger partial charge in [-0.05, 0) is 30.5 Å². The van der Waals surface area contributed by atoms with Crippen LogP contribution in [0.5, 0.6) is 0 Å². The minimum atomic E-state index is -1.59. The Balaban J connectivity index is 1.50. The summed E-state index contributed by atoms with van der Waals surface area (Å²) in [4.78, 5) is 13.5. The van der Waals surface area contributed by atoms with Gasteiger partial charge in [-0.1, -0.05) is 74.3 Å². The van der Waals surface area contributed by atoms with Gasteiger partial charge in [-0.25, -0.2) is 13.2 Å². The van der Waals surface area contributed by atoms with Crippen LogP contribution in [-0.4, -0.2) is 16.3 Å². The van der Waals surface area contributed by atoms with Crippen LogP contribution >= 0.6 is 23.4 Å². The molecule has 0 saturated carbocycles. The molecule has 3 unspecified atom stereocenters. The summed E-state index contributed by atoms with van der Waals surface area (Å²) in [5.74, 6) is -3.80. The van der Waals surface area contributed by atoms with Crippen molar-refractivity contribution in [3.8, 4) is 11.3 Å². The molecule has 0 spiro atoms. The number of rotatable bonds is 10. The summed E-state index contributed by atoms with van der Waals surface area (Å²) in [5, 5.41) is 7.36. The predicted molar refractivity (Wildman–Crippen MR) is 150 cm³/mol. The fourth-order valence-electron chi connectivity index (χ4n) is 4.12. The first-order valence-electron chi connectivity index (χ1n) is 12.6. The number of anilines is 1. The topological polar surface area (TPSA) is 55.1 Å². The second-order valence-electron chi connectivity index (χ2n) is 9.51. The number of carbonyl (C=O) groups is 1. The molecule has 1 amide bonds. The molecule has 9 heteroatoms. The van der Waals surface area contributed by atoms with Crippen LogP contribution in [-0.2, 0) is 0 Å². The lowest BCUT2D eigenvalue weighted by atomic mass is 9.93. The molecule has 0 radical (unpaired) electrons. The molecule has 0 saturated heterocycles. The smallest absolute Gasteiger partial charge is 0.255 e. The van der Waals surface area contributed by atoms with Gasteiger partial charge in [0.2, 0.25) is 0 Å². The minimum Gasteiger partial charge on any atom is -0.356 e. The Hall–Kier alpha value is -3.23. The number of amides is 1. The summed E-state index contributed by atoms with van der Waals surface area (Å²) >= 11 is 8.10.